The van der Waals surface area contributed by atoms with Crippen LogP contribution in [0.15, 0.2) is 24.4 Å². The van der Waals surface area contributed by atoms with Crippen molar-refractivity contribution >= 4 is 0 Å². The van der Waals surface area contributed by atoms with Crippen molar-refractivity contribution in [3.63, 3.8) is 0 Å². The first-order chi connectivity index (χ1) is 8.24. The van der Waals surface area contributed by atoms with E-state index in [4.69, 9.17) is 0 Å². The Balaban J connectivity index is 2.04. The number of hydrogen-bond acceptors (Lipinski definition) is 2. The third-order valence-corrected chi connectivity index (χ3v) is 3.96. The molecule has 0 bridgehead atoms. The van der Waals surface area contributed by atoms with Crippen LogP contribution in [0.1, 0.15) is 45.2 Å². The third-order valence-electron chi connectivity index (χ3n) is 3.96. The highest BCUT2D eigenvalue weighted by molar-refractivity contribution is 5.13. The summed E-state index contributed by atoms with van der Waals surface area (Å²) in [4.78, 5) is 4.50. The number of hydrogen-bond donors (Lipinski definition) is 1. The Morgan fingerprint density at radius 2 is 2.24 bits per heavy atom. The highest BCUT2D eigenvalue weighted by atomic mass is 14.9. The zero-order valence-corrected chi connectivity index (χ0v) is 11.2. The lowest BCUT2D eigenvalue weighted by atomic mass is 9.92. The van der Waals surface area contributed by atoms with Gasteiger partial charge in [-0.3, -0.25) is 4.98 Å². The minimum atomic E-state index is 0.512. The second-order valence-corrected chi connectivity index (χ2v) is 5.40. The minimum Gasteiger partial charge on any atom is -0.313 e. The Hall–Kier alpha value is -0.890. The molecule has 1 saturated carbocycles. The first-order valence-corrected chi connectivity index (χ1v) is 6.88. The van der Waals surface area contributed by atoms with E-state index in [-0.39, 0.29) is 0 Å². The van der Waals surface area contributed by atoms with E-state index in [0.29, 0.717) is 12.0 Å². The zero-order chi connectivity index (χ0) is 12.3. The maximum absolute atomic E-state index is 4.50. The number of aromatic nitrogens is 1. The molecular weight excluding hydrogens is 208 g/mol. The molecule has 2 nitrogen and oxygen atoms in total. The van der Waals surface area contributed by atoms with Crippen LogP contribution < -0.4 is 5.32 Å². The Kier molecular flexibility index (Phi) is 4.16. The average Bonchev–Trinajstić information content (AvgIpc) is 3.08. The quantitative estimate of drug-likeness (QED) is 0.814. The monoisotopic (exact) mass is 232 g/mol. The summed E-state index contributed by atoms with van der Waals surface area (Å²) in [6, 6.07) is 6.83. The first-order valence-electron chi connectivity index (χ1n) is 6.88. The van der Waals surface area contributed by atoms with Gasteiger partial charge in [0.1, 0.15) is 0 Å². The Labute approximate surface area is 105 Å². The summed E-state index contributed by atoms with van der Waals surface area (Å²) in [5.41, 5.74) is 1.22. The SMILES string of the molecule is CCCNC(C(C)c1ccccn1)C1CC1C. The molecule has 1 aliphatic rings. The van der Waals surface area contributed by atoms with E-state index < -0.39 is 0 Å². The maximum Gasteiger partial charge on any atom is 0.0447 e. The Bertz CT molecular complexity index is 336. The van der Waals surface area contributed by atoms with Gasteiger partial charge < -0.3 is 5.32 Å². The Morgan fingerprint density at radius 3 is 2.76 bits per heavy atom. The molecule has 1 aromatic heterocycles. The van der Waals surface area contributed by atoms with Crippen molar-refractivity contribution in [2.45, 2.75) is 45.6 Å². The predicted octanol–water partition coefficient (Wildman–Crippen LogP) is 3.21. The highest BCUT2D eigenvalue weighted by Crippen LogP contribution is 2.44. The molecule has 0 radical (unpaired) electrons. The zero-order valence-electron chi connectivity index (χ0n) is 11.2. The summed E-state index contributed by atoms with van der Waals surface area (Å²) in [6.07, 6.45) is 4.48. The van der Waals surface area contributed by atoms with Crippen LogP contribution in [0.3, 0.4) is 0 Å². The fraction of sp³-hybridized carbons (Fsp3) is 0.667. The molecule has 17 heavy (non-hydrogen) atoms. The topological polar surface area (TPSA) is 24.9 Å². The molecule has 1 fully saturated rings. The van der Waals surface area contributed by atoms with E-state index in [2.05, 4.69) is 43.2 Å². The van der Waals surface area contributed by atoms with Gasteiger partial charge in [0.25, 0.3) is 0 Å². The van der Waals surface area contributed by atoms with Crippen molar-refractivity contribution in [3.8, 4) is 0 Å². The van der Waals surface area contributed by atoms with Crippen LogP contribution in [0.4, 0.5) is 0 Å². The molecule has 94 valence electrons. The molecule has 0 saturated heterocycles. The lowest BCUT2D eigenvalue weighted by molar-refractivity contribution is 0.389. The van der Waals surface area contributed by atoms with Crippen molar-refractivity contribution in [1.82, 2.24) is 10.3 Å². The van der Waals surface area contributed by atoms with E-state index in [0.717, 1.165) is 18.4 Å². The second-order valence-electron chi connectivity index (χ2n) is 5.40. The van der Waals surface area contributed by atoms with Gasteiger partial charge in [0, 0.05) is 23.9 Å². The molecular formula is C15H24N2. The third kappa shape index (κ3) is 3.06. The van der Waals surface area contributed by atoms with Gasteiger partial charge in [0.05, 0.1) is 0 Å². The lowest BCUT2D eigenvalue weighted by Gasteiger charge is -2.25. The summed E-state index contributed by atoms with van der Waals surface area (Å²) in [5, 5.41) is 3.72. The molecule has 2 heteroatoms. The number of pyridine rings is 1. The standard InChI is InChI=1S/C15H24N2/c1-4-8-17-15(13-10-11(13)2)12(3)14-7-5-6-9-16-14/h5-7,9,11-13,15,17H,4,8,10H2,1-3H3. The normalized spacial score (nSPS) is 26.5. The molecule has 0 aliphatic heterocycles. The van der Waals surface area contributed by atoms with Crippen molar-refractivity contribution < 1.29 is 0 Å². The van der Waals surface area contributed by atoms with Gasteiger partial charge in [-0.05, 0) is 43.4 Å². The van der Waals surface area contributed by atoms with E-state index in [9.17, 15) is 0 Å². The van der Waals surface area contributed by atoms with Crippen LogP contribution in [0.25, 0.3) is 0 Å². The molecule has 1 aliphatic carbocycles. The molecule has 1 aromatic rings. The molecule has 1 heterocycles. The van der Waals surface area contributed by atoms with Crippen molar-refractivity contribution in [3.05, 3.63) is 30.1 Å². The number of nitrogens with one attached hydrogen (secondary N) is 1. The van der Waals surface area contributed by atoms with Crippen LogP contribution in [-0.2, 0) is 0 Å². The summed E-state index contributed by atoms with van der Waals surface area (Å²) in [6.45, 7) is 8.01. The molecule has 4 atom stereocenters. The maximum atomic E-state index is 4.50. The lowest BCUT2D eigenvalue weighted by Crippen LogP contribution is -2.37. The van der Waals surface area contributed by atoms with Gasteiger partial charge in [-0.1, -0.05) is 26.8 Å². The Morgan fingerprint density at radius 1 is 1.47 bits per heavy atom. The minimum absolute atomic E-state index is 0.512. The molecule has 0 aromatic carbocycles. The highest BCUT2D eigenvalue weighted by Gasteiger charge is 2.41. The number of rotatable bonds is 6. The predicted molar refractivity (Wildman–Crippen MR) is 72.0 cm³/mol. The van der Waals surface area contributed by atoms with E-state index in [1.54, 1.807) is 0 Å². The van der Waals surface area contributed by atoms with Crippen LogP contribution >= 0.6 is 0 Å². The average molecular weight is 232 g/mol. The largest absolute Gasteiger partial charge is 0.313 e. The van der Waals surface area contributed by atoms with Gasteiger partial charge in [0.2, 0.25) is 0 Å². The first kappa shape index (κ1) is 12.6. The van der Waals surface area contributed by atoms with Crippen LogP contribution in [0, 0.1) is 11.8 Å². The van der Waals surface area contributed by atoms with E-state index in [1.165, 1.54) is 18.5 Å². The van der Waals surface area contributed by atoms with Gasteiger partial charge >= 0.3 is 0 Å². The van der Waals surface area contributed by atoms with Gasteiger partial charge in [-0.2, -0.15) is 0 Å². The van der Waals surface area contributed by atoms with E-state index in [1.807, 2.05) is 12.3 Å². The van der Waals surface area contributed by atoms with Gasteiger partial charge in [-0.15, -0.1) is 0 Å². The number of nitrogens with zero attached hydrogens (tertiary/aromatic N) is 1. The van der Waals surface area contributed by atoms with E-state index >= 15 is 0 Å². The van der Waals surface area contributed by atoms with Crippen molar-refractivity contribution in [1.29, 1.82) is 0 Å². The smallest absolute Gasteiger partial charge is 0.0447 e. The summed E-state index contributed by atoms with van der Waals surface area (Å²) >= 11 is 0. The summed E-state index contributed by atoms with van der Waals surface area (Å²) in [7, 11) is 0. The molecule has 0 spiro atoms. The summed E-state index contributed by atoms with van der Waals surface area (Å²) < 4.78 is 0. The fourth-order valence-corrected chi connectivity index (χ4v) is 2.69. The van der Waals surface area contributed by atoms with Crippen molar-refractivity contribution in [2.75, 3.05) is 6.54 Å². The van der Waals surface area contributed by atoms with Crippen LogP contribution in [0.5, 0.6) is 0 Å². The van der Waals surface area contributed by atoms with Gasteiger partial charge in [-0.25, -0.2) is 0 Å². The van der Waals surface area contributed by atoms with Crippen LogP contribution in [-0.4, -0.2) is 17.6 Å². The molecule has 1 N–H and O–H groups in total. The summed E-state index contributed by atoms with van der Waals surface area (Å²) in [5.74, 6) is 2.24. The van der Waals surface area contributed by atoms with Gasteiger partial charge in [0.15, 0.2) is 0 Å². The van der Waals surface area contributed by atoms with Crippen molar-refractivity contribution in [2.24, 2.45) is 11.8 Å². The fourth-order valence-electron chi connectivity index (χ4n) is 2.69. The molecule has 0 amide bonds. The second kappa shape index (κ2) is 5.63. The molecule has 2 rings (SSSR count). The van der Waals surface area contributed by atoms with Crippen LogP contribution in [0.2, 0.25) is 0 Å². The molecule has 4 unspecified atom stereocenters.